The van der Waals surface area contributed by atoms with E-state index < -0.39 is 11.9 Å². The number of hydrogen-bond donors (Lipinski definition) is 2. The Morgan fingerprint density at radius 3 is 2.71 bits per heavy atom. The van der Waals surface area contributed by atoms with Crippen LogP contribution in [0.15, 0.2) is 24.3 Å². The van der Waals surface area contributed by atoms with Crippen LogP contribution in [-0.4, -0.2) is 26.7 Å². The maximum absolute atomic E-state index is 13.1. The molecule has 6 nitrogen and oxygen atoms in total. The predicted octanol–water partition coefficient (Wildman–Crippen LogP) is 1.67. The number of rotatable bonds is 5. The molecule has 0 saturated heterocycles. The molecule has 0 unspecified atom stereocenters. The zero-order chi connectivity index (χ0) is 17.3. The van der Waals surface area contributed by atoms with Crippen molar-refractivity contribution in [1.82, 2.24) is 20.1 Å². The fourth-order valence-electron chi connectivity index (χ4n) is 2.94. The lowest BCUT2D eigenvalue weighted by molar-refractivity contribution is -0.120. The number of aryl methyl sites for hydroxylation is 1. The van der Waals surface area contributed by atoms with Gasteiger partial charge < -0.3 is 5.73 Å². The van der Waals surface area contributed by atoms with Crippen LogP contribution < -0.4 is 11.1 Å². The summed E-state index contributed by atoms with van der Waals surface area (Å²) in [6.07, 6.45) is 1.65. The molecule has 0 spiro atoms. The second-order valence-corrected chi connectivity index (χ2v) is 6.51. The number of fused-ring (bicyclic) bond motifs is 1. The van der Waals surface area contributed by atoms with Gasteiger partial charge in [0.15, 0.2) is 5.82 Å². The first-order chi connectivity index (χ1) is 11.4. The van der Waals surface area contributed by atoms with Gasteiger partial charge >= 0.3 is 0 Å². The molecular weight excluding hydrogens is 309 g/mol. The fourth-order valence-corrected chi connectivity index (χ4v) is 2.94. The number of carbonyl (C=O) groups is 1. The molecule has 3 rings (SSSR count). The maximum atomic E-state index is 13.1. The summed E-state index contributed by atoms with van der Waals surface area (Å²) < 4.78 is 15.0. The van der Waals surface area contributed by atoms with Crippen LogP contribution in [0.1, 0.15) is 49.4 Å². The van der Waals surface area contributed by atoms with E-state index in [1.807, 2.05) is 4.68 Å². The highest BCUT2D eigenvalue weighted by Crippen LogP contribution is 2.20. The molecule has 2 aromatic rings. The highest BCUT2D eigenvalue weighted by molar-refractivity contribution is 5.81. The van der Waals surface area contributed by atoms with Crippen LogP contribution >= 0.6 is 0 Å². The summed E-state index contributed by atoms with van der Waals surface area (Å²) in [5.74, 6) is 1.29. The molecule has 3 N–H and O–H groups in total. The monoisotopic (exact) mass is 331 g/mol. The van der Waals surface area contributed by atoms with Gasteiger partial charge in [0, 0.05) is 18.4 Å². The zero-order valence-electron chi connectivity index (χ0n) is 13.9. The van der Waals surface area contributed by atoms with Gasteiger partial charge in [0.25, 0.3) is 0 Å². The predicted molar refractivity (Wildman–Crippen MR) is 87.7 cm³/mol. The van der Waals surface area contributed by atoms with Gasteiger partial charge in [-0.25, -0.2) is 14.1 Å². The first kappa shape index (κ1) is 16.6. The van der Waals surface area contributed by atoms with Gasteiger partial charge in [-0.05, 0) is 24.1 Å². The molecule has 24 heavy (non-hydrogen) atoms. The Kier molecular flexibility index (Phi) is 4.62. The van der Waals surface area contributed by atoms with Gasteiger partial charge in [-0.1, -0.05) is 26.0 Å². The zero-order valence-corrected chi connectivity index (χ0v) is 13.9. The quantitative estimate of drug-likeness (QED) is 0.873. The smallest absolute Gasteiger partial charge is 0.239 e. The highest BCUT2D eigenvalue weighted by Gasteiger charge is 2.27. The van der Waals surface area contributed by atoms with Gasteiger partial charge in [-0.3, -0.25) is 10.1 Å². The van der Waals surface area contributed by atoms with E-state index in [0.717, 1.165) is 24.5 Å². The Hall–Kier alpha value is -2.28. The molecule has 1 aromatic carbocycles. The van der Waals surface area contributed by atoms with Crippen molar-refractivity contribution in [1.29, 1.82) is 0 Å². The number of primary amides is 1. The second-order valence-electron chi connectivity index (χ2n) is 6.51. The van der Waals surface area contributed by atoms with Crippen LogP contribution in [0.2, 0.25) is 0 Å². The molecule has 1 aromatic heterocycles. The van der Waals surface area contributed by atoms with Crippen LogP contribution in [0.3, 0.4) is 0 Å². The number of nitrogens with zero attached hydrogens (tertiary/aromatic N) is 3. The minimum Gasteiger partial charge on any atom is -0.368 e. The molecule has 0 aliphatic carbocycles. The fraction of sp³-hybridized carbons (Fsp3) is 0.471. The molecule has 128 valence electrons. The van der Waals surface area contributed by atoms with Crippen molar-refractivity contribution in [2.75, 3.05) is 0 Å². The SMILES string of the molecule is CC(C)c1nc2n(n1)C[C@@H](N[C@H](C(N)=O)c1ccc(F)cc1)CC2. The van der Waals surface area contributed by atoms with Gasteiger partial charge in [-0.15, -0.1) is 0 Å². The second kappa shape index (κ2) is 6.68. The number of aromatic nitrogens is 3. The summed E-state index contributed by atoms with van der Waals surface area (Å²) in [5.41, 5.74) is 6.20. The van der Waals surface area contributed by atoms with Gasteiger partial charge in [0.05, 0.1) is 6.54 Å². The summed E-state index contributed by atoms with van der Waals surface area (Å²) in [4.78, 5) is 16.4. The van der Waals surface area contributed by atoms with E-state index in [2.05, 4.69) is 29.2 Å². The average molecular weight is 331 g/mol. The lowest BCUT2D eigenvalue weighted by Crippen LogP contribution is -2.44. The van der Waals surface area contributed by atoms with Crippen molar-refractivity contribution in [2.45, 2.75) is 51.2 Å². The van der Waals surface area contributed by atoms with Gasteiger partial charge in [0.2, 0.25) is 5.91 Å². The van der Waals surface area contributed by atoms with Crippen LogP contribution in [0.5, 0.6) is 0 Å². The van der Waals surface area contributed by atoms with Crippen molar-refractivity contribution < 1.29 is 9.18 Å². The minimum absolute atomic E-state index is 0.0572. The summed E-state index contributed by atoms with van der Waals surface area (Å²) >= 11 is 0. The van der Waals surface area contributed by atoms with Gasteiger partial charge in [-0.2, -0.15) is 5.10 Å². The van der Waals surface area contributed by atoms with Crippen molar-refractivity contribution in [3.63, 3.8) is 0 Å². The molecular formula is C17H22FN5O. The Balaban J connectivity index is 1.74. The summed E-state index contributed by atoms with van der Waals surface area (Å²) in [6, 6.07) is 5.24. The maximum Gasteiger partial charge on any atom is 0.239 e. The first-order valence-corrected chi connectivity index (χ1v) is 8.18. The molecule has 0 radical (unpaired) electrons. The number of amides is 1. The highest BCUT2D eigenvalue weighted by atomic mass is 19.1. The molecule has 2 atom stereocenters. The number of halogens is 1. The number of nitrogens with one attached hydrogen (secondary N) is 1. The van der Waals surface area contributed by atoms with Crippen LogP contribution in [0.4, 0.5) is 4.39 Å². The molecule has 0 bridgehead atoms. The third-order valence-corrected chi connectivity index (χ3v) is 4.28. The van der Waals surface area contributed by atoms with Crippen molar-refractivity contribution in [2.24, 2.45) is 5.73 Å². The van der Waals surface area contributed by atoms with E-state index in [9.17, 15) is 9.18 Å². The normalized spacial score (nSPS) is 18.4. The Labute approximate surface area is 140 Å². The third-order valence-electron chi connectivity index (χ3n) is 4.28. The Morgan fingerprint density at radius 2 is 2.08 bits per heavy atom. The van der Waals surface area contributed by atoms with E-state index >= 15 is 0 Å². The van der Waals surface area contributed by atoms with Crippen LogP contribution in [0, 0.1) is 5.82 Å². The number of benzene rings is 1. The number of hydrogen-bond acceptors (Lipinski definition) is 4. The van der Waals surface area contributed by atoms with Crippen molar-refractivity contribution in [3.8, 4) is 0 Å². The van der Waals surface area contributed by atoms with Crippen molar-refractivity contribution >= 4 is 5.91 Å². The Bertz CT molecular complexity index is 725. The molecule has 7 heteroatoms. The van der Waals surface area contributed by atoms with E-state index in [1.165, 1.54) is 12.1 Å². The molecule has 0 saturated carbocycles. The topological polar surface area (TPSA) is 85.8 Å². The molecule has 1 aliphatic rings. The molecule has 1 amide bonds. The molecule has 2 heterocycles. The largest absolute Gasteiger partial charge is 0.368 e. The van der Waals surface area contributed by atoms with E-state index in [4.69, 9.17) is 5.73 Å². The van der Waals surface area contributed by atoms with E-state index in [-0.39, 0.29) is 17.8 Å². The first-order valence-electron chi connectivity index (χ1n) is 8.18. The average Bonchev–Trinajstić information content (AvgIpc) is 2.97. The number of nitrogens with two attached hydrogens (primary N) is 1. The minimum atomic E-state index is -0.648. The third kappa shape index (κ3) is 3.46. The van der Waals surface area contributed by atoms with Crippen LogP contribution in [-0.2, 0) is 17.8 Å². The van der Waals surface area contributed by atoms with Gasteiger partial charge in [0.1, 0.15) is 17.7 Å². The van der Waals surface area contributed by atoms with Crippen molar-refractivity contribution in [3.05, 3.63) is 47.3 Å². The molecule has 0 fully saturated rings. The standard InChI is InChI=1S/C17H22FN5O/c1-10(2)17-21-14-8-7-13(9-23(14)22-17)20-15(16(19)24)11-3-5-12(18)6-4-11/h3-6,10,13,15,20H,7-9H2,1-2H3,(H2,19,24)/t13-,15-/m0/s1. The summed E-state index contributed by atoms with van der Waals surface area (Å²) in [5, 5.41) is 7.82. The Morgan fingerprint density at radius 1 is 1.38 bits per heavy atom. The van der Waals surface area contributed by atoms with E-state index in [0.29, 0.717) is 12.1 Å². The lowest BCUT2D eigenvalue weighted by Gasteiger charge is -2.27. The summed E-state index contributed by atoms with van der Waals surface area (Å²) in [6.45, 7) is 4.77. The molecule has 1 aliphatic heterocycles. The summed E-state index contributed by atoms with van der Waals surface area (Å²) in [7, 11) is 0. The van der Waals surface area contributed by atoms with Crippen LogP contribution in [0.25, 0.3) is 0 Å². The van der Waals surface area contributed by atoms with E-state index in [1.54, 1.807) is 12.1 Å². The lowest BCUT2D eigenvalue weighted by atomic mass is 10.0. The number of carbonyl (C=O) groups excluding carboxylic acids is 1.